The normalized spacial score (nSPS) is 29.7. The van der Waals surface area contributed by atoms with E-state index in [9.17, 15) is 19.8 Å². The lowest BCUT2D eigenvalue weighted by atomic mass is 9.78. The molecule has 6 nitrogen and oxygen atoms in total. The Morgan fingerprint density at radius 3 is 2.52 bits per heavy atom. The highest BCUT2D eigenvalue weighted by atomic mass is 32.2. The van der Waals surface area contributed by atoms with E-state index in [2.05, 4.69) is 9.80 Å². The van der Waals surface area contributed by atoms with Crippen LogP contribution >= 0.6 is 23.5 Å². The predicted octanol–water partition coefficient (Wildman–Crippen LogP) is 2.59. The molecule has 2 atom stereocenters. The number of nitrogens with zero attached hydrogens (tertiary/aromatic N) is 2. The lowest BCUT2D eigenvalue weighted by Gasteiger charge is -2.33. The van der Waals surface area contributed by atoms with Gasteiger partial charge in [-0.25, -0.2) is 0 Å². The van der Waals surface area contributed by atoms with Crippen LogP contribution in [0.25, 0.3) is 0 Å². The van der Waals surface area contributed by atoms with Crippen molar-refractivity contribution in [3.05, 3.63) is 0 Å². The van der Waals surface area contributed by atoms with Gasteiger partial charge in [0.15, 0.2) is 9.74 Å². The molecule has 0 saturated carbocycles. The molecule has 8 heteroatoms. The smallest absolute Gasteiger partial charge is 0.321 e. The van der Waals surface area contributed by atoms with E-state index in [1.165, 1.54) is 5.75 Å². The quantitative estimate of drug-likeness (QED) is 0.584. The van der Waals surface area contributed by atoms with Gasteiger partial charge in [0.05, 0.1) is 0 Å². The molecule has 3 rings (SSSR count). The largest absolute Gasteiger partial charge is 0.480 e. The van der Waals surface area contributed by atoms with Crippen LogP contribution in [0.4, 0.5) is 0 Å². The third-order valence-electron chi connectivity index (χ3n) is 5.85. The van der Waals surface area contributed by atoms with Crippen LogP contribution in [0.15, 0.2) is 0 Å². The molecule has 0 aromatic heterocycles. The maximum Gasteiger partial charge on any atom is 0.321 e. The van der Waals surface area contributed by atoms with Crippen molar-refractivity contribution < 1.29 is 19.8 Å². The molecule has 0 aliphatic carbocycles. The Bertz CT molecular complexity index is 519. The van der Waals surface area contributed by atoms with E-state index < -0.39 is 17.4 Å². The SMILES string of the molecule is CCCCC(CCCC1CSC23SCCN2CCN13)(C(=O)O)C(=O)O. The third kappa shape index (κ3) is 3.31. The van der Waals surface area contributed by atoms with Gasteiger partial charge >= 0.3 is 11.9 Å². The Balaban J connectivity index is 1.59. The number of carboxylic acid groups (broad SMARTS) is 2. The zero-order chi connectivity index (χ0) is 18.1. The summed E-state index contributed by atoms with van der Waals surface area (Å²) in [5, 5.41) is 19.2. The molecule has 2 N–H and O–H groups in total. The third-order valence-corrected chi connectivity index (χ3v) is 9.23. The molecular weight excluding hydrogens is 360 g/mol. The molecule has 0 aromatic rings. The van der Waals surface area contributed by atoms with Crippen LogP contribution in [-0.2, 0) is 9.59 Å². The summed E-state index contributed by atoms with van der Waals surface area (Å²) in [6.45, 7) is 5.30. The first-order chi connectivity index (χ1) is 12.0. The van der Waals surface area contributed by atoms with Crippen LogP contribution in [0.5, 0.6) is 0 Å². The first kappa shape index (κ1) is 19.3. The molecule has 142 valence electrons. The summed E-state index contributed by atoms with van der Waals surface area (Å²) >= 11 is 4.03. The zero-order valence-corrected chi connectivity index (χ0v) is 16.4. The minimum Gasteiger partial charge on any atom is -0.480 e. The van der Waals surface area contributed by atoms with Crippen molar-refractivity contribution in [2.75, 3.05) is 31.1 Å². The van der Waals surface area contributed by atoms with Crippen molar-refractivity contribution in [2.24, 2.45) is 5.41 Å². The van der Waals surface area contributed by atoms with Gasteiger partial charge in [0.2, 0.25) is 0 Å². The monoisotopic (exact) mass is 388 g/mol. The molecule has 3 fully saturated rings. The van der Waals surface area contributed by atoms with Crippen molar-refractivity contribution in [1.29, 1.82) is 0 Å². The summed E-state index contributed by atoms with van der Waals surface area (Å²) in [7, 11) is 0. The summed E-state index contributed by atoms with van der Waals surface area (Å²) in [5.41, 5.74) is -1.61. The number of hydrogen-bond donors (Lipinski definition) is 2. The molecular formula is C17H28N2O4S2. The van der Waals surface area contributed by atoms with Crippen molar-refractivity contribution in [3.8, 4) is 0 Å². The summed E-state index contributed by atoms with van der Waals surface area (Å²) in [6, 6.07) is 0.437. The lowest BCUT2D eigenvalue weighted by Crippen LogP contribution is -2.44. The van der Waals surface area contributed by atoms with Crippen LogP contribution in [0.1, 0.15) is 45.4 Å². The topological polar surface area (TPSA) is 81.1 Å². The fourth-order valence-electron chi connectivity index (χ4n) is 4.33. The van der Waals surface area contributed by atoms with E-state index in [-0.39, 0.29) is 17.2 Å². The van der Waals surface area contributed by atoms with Crippen LogP contribution in [0, 0.1) is 5.41 Å². The molecule has 3 aliphatic rings. The van der Waals surface area contributed by atoms with Crippen molar-refractivity contribution in [2.45, 2.75) is 55.8 Å². The summed E-state index contributed by atoms with van der Waals surface area (Å²) in [5.74, 6) is -0.117. The highest BCUT2D eigenvalue weighted by molar-refractivity contribution is 8.18. The second kappa shape index (κ2) is 7.66. The highest BCUT2D eigenvalue weighted by Crippen LogP contribution is 2.56. The molecule has 1 spiro atoms. The Labute approximate surface area is 157 Å². The van der Waals surface area contributed by atoms with E-state index in [0.29, 0.717) is 18.9 Å². The van der Waals surface area contributed by atoms with Gasteiger partial charge in [0.25, 0.3) is 0 Å². The number of hydrogen-bond acceptors (Lipinski definition) is 6. The van der Waals surface area contributed by atoms with E-state index in [1.54, 1.807) is 0 Å². The van der Waals surface area contributed by atoms with Gasteiger partial charge in [-0.1, -0.05) is 26.2 Å². The summed E-state index contributed by atoms with van der Waals surface area (Å²) in [4.78, 5) is 28.6. The van der Waals surface area contributed by atoms with Gasteiger partial charge in [-0.15, -0.1) is 23.5 Å². The molecule has 0 aromatic carbocycles. The van der Waals surface area contributed by atoms with Gasteiger partial charge in [-0.05, 0) is 19.3 Å². The molecule has 0 bridgehead atoms. The molecule has 2 unspecified atom stereocenters. The molecule has 3 aliphatic heterocycles. The number of unbranched alkanes of at least 4 members (excludes halogenated alkanes) is 1. The minimum atomic E-state index is -1.61. The van der Waals surface area contributed by atoms with Crippen molar-refractivity contribution in [1.82, 2.24) is 9.80 Å². The number of carboxylic acids is 2. The first-order valence-electron chi connectivity index (χ1n) is 9.23. The van der Waals surface area contributed by atoms with Gasteiger partial charge in [0, 0.05) is 37.2 Å². The Morgan fingerprint density at radius 1 is 1.12 bits per heavy atom. The number of thioether (sulfide) groups is 2. The van der Waals surface area contributed by atoms with Crippen LogP contribution in [-0.4, -0.2) is 73.5 Å². The van der Waals surface area contributed by atoms with Crippen LogP contribution < -0.4 is 0 Å². The second-order valence-electron chi connectivity index (χ2n) is 7.23. The van der Waals surface area contributed by atoms with Gasteiger partial charge in [-0.2, -0.15) is 0 Å². The molecule has 3 heterocycles. The fourth-order valence-corrected chi connectivity index (χ4v) is 8.00. The number of aliphatic carboxylic acids is 2. The van der Waals surface area contributed by atoms with Crippen LogP contribution in [0.3, 0.4) is 0 Å². The molecule has 3 saturated heterocycles. The maximum atomic E-state index is 11.7. The molecule has 0 amide bonds. The van der Waals surface area contributed by atoms with Crippen molar-refractivity contribution >= 4 is 35.5 Å². The van der Waals surface area contributed by atoms with E-state index in [1.807, 2.05) is 30.4 Å². The lowest BCUT2D eigenvalue weighted by molar-refractivity contribution is -0.166. The van der Waals surface area contributed by atoms with Gasteiger partial charge in [-0.3, -0.25) is 19.4 Å². The van der Waals surface area contributed by atoms with Crippen LogP contribution in [0.2, 0.25) is 0 Å². The summed E-state index contributed by atoms with van der Waals surface area (Å²) < 4.78 is 0.115. The molecule has 0 radical (unpaired) electrons. The average Bonchev–Trinajstić information content (AvgIpc) is 3.20. The summed E-state index contributed by atoms with van der Waals surface area (Å²) in [6.07, 6.45) is 3.45. The van der Waals surface area contributed by atoms with E-state index >= 15 is 0 Å². The van der Waals surface area contributed by atoms with Gasteiger partial charge < -0.3 is 10.2 Å². The average molecular weight is 389 g/mol. The van der Waals surface area contributed by atoms with E-state index in [0.717, 1.165) is 38.2 Å². The standard InChI is InChI=1S/C17H28N2O4S2/c1-2-3-6-16(14(20)21,15(22)23)7-4-5-13-12-25-17-18(10-11-24-17)8-9-19(13)17/h13H,2-12H2,1H3,(H,20,21)(H,22,23). The van der Waals surface area contributed by atoms with Gasteiger partial charge in [0.1, 0.15) is 0 Å². The van der Waals surface area contributed by atoms with E-state index in [4.69, 9.17) is 0 Å². The second-order valence-corrected chi connectivity index (χ2v) is 9.95. The zero-order valence-electron chi connectivity index (χ0n) is 14.8. The Morgan fingerprint density at radius 2 is 1.84 bits per heavy atom. The number of rotatable bonds is 9. The highest BCUT2D eigenvalue weighted by Gasteiger charge is 2.57. The Hall–Kier alpha value is -0.440. The number of carbonyl (C=O) groups is 2. The van der Waals surface area contributed by atoms with Crippen molar-refractivity contribution in [3.63, 3.8) is 0 Å². The Kier molecular flexibility index (Phi) is 5.92. The minimum absolute atomic E-state index is 0.115. The fraction of sp³-hybridized carbons (Fsp3) is 0.882. The first-order valence-corrected chi connectivity index (χ1v) is 11.2. The predicted molar refractivity (Wildman–Crippen MR) is 101 cm³/mol. The molecule has 25 heavy (non-hydrogen) atoms. The maximum absolute atomic E-state index is 11.7.